The number of carbonyl (C=O) groups excluding carboxylic acids is 1. The first-order valence-corrected chi connectivity index (χ1v) is 7.67. The van der Waals surface area contributed by atoms with Gasteiger partial charge in [0.15, 0.2) is 0 Å². The Morgan fingerprint density at radius 2 is 1.28 bits per heavy atom. The van der Waals surface area contributed by atoms with Gasteiger partial charge in [-0.05, 0) is 19.3 Å². The Hall–Kier alpha value is -0.130. The van der Waals surface area contributed by atoms with Crippen molar-refractivity contribution in [2.45, 2.75) is 70.6 Å². The molecule has 2 N–H and O–H groups in total. The molecule has 3 nitrogen and oxygen atoms in total. The van der Waals surface area contributed by atoms with Crippen molar-refractivity contribution in [3.63, 3.8) is 0 Å². The van der Waals surface area contributed by atoms with Crippen LogP contribution in [0.5, 0.6) is 0 Å². The lowest BCUT2D eigenvalue weighted by atomic mass is 10.1. The van der Waals surface area contributed by atoms with Crippen molar-refractivity contribution >= 4 is 35.0 Å². The van der Waals surface area contributed by atoms with Crippen LogP contribution in [0.1, 0.15) is 70.6 Å². The summed E-state index contributed by atoms with van der Waals surface area (Å²) in [5.74, 6) is -0.280. The summed E-state index contributed by atoms with van der Waals surface area (Å²) in [5.41, 5.74) is 1.65. The van der Waals surface area contributed by atoms with Crippen molar-refractivity contribution < 1.29 is 10.0 Å². The second-order valence-electron chi connectivity index (χ2n) is 4.61. The summed E-state index contributed by atoms with van der Waals surface area (Å²) < 4.78 is 0.821. The smallest absolute Gasteiger partial charge is 0.243 e. The van der Waals surface area contributed by atoms with Crippen LogP contribution in [0, 0.1) is 0 Å². The highest BCUT2D eigenvalue weighted by Crippen LogP contribution is 2.11. The SMILES string of the molecule is O=C(CCCCCCCCCCCC(=S)S)NO. The van der Waals surface area contributed by atoms with E-state index >= 15 is 0 Å². The Labute approximate surface area is 121 Å². The molecule has 106 valence electrons. The van der Waals surface area contributed by atoms with Gasteiger partial charge in [0.25, 0.3) is 0 Å². The molecule has 0 fully saturated rings. The molecule has 0 heterocycles. The van der Waals surface area contributed by atoms with Crippen LogP contribution < -0.4 is 5.48 Å². The molecule has 0 aromatic heterocycles. The minimum atomic E-state index is -0.280. The maximum Gasteiger partial charge on any atom is 0.243 e. The van der Waals surface area contributed by atoms with Gasteiger partial charge in [-0.3, -0.25) is 10.0 Å². The van der Waals surface area contributed by atoms with Gasteiger partial charge in [-0.15, -0.1) is 12.6 Å². The fourth-order valence-corrected chi connectivity index (χ4v) is 2.16. The number of hydrogen-bond acceptors (Lipinski definition) is 3. The number of rotatable bonds is 12. The third-order valence-electron chi connectivity index (χ3n) is 2.92. The molecule has 0 rings (SSSR count). The first kappa shape index (κ1) is 17.9. The average molecular weight is 291 g/mol. The fraction of sp³-hybridized carbons (Fsp3) is 0.846. The maximum absolute atomic E-state index is 10.7. The molecule has 0 aromatic carbocycles. The molecular formula is C13H25NO2S2. The van der Waals surface area contributed by atoms with Gasteiger partial charge in [0.2, 0.25) is 5.91 Å². The van der Waals surface area contributed by atoms with Crippen molar-refractivity contribution in [3.05, 3.63) is 0 Å². The van der Waals surface area contributed by atoms with E-state index in [0.29, 0.717) is 6.42 Å². The van der Waals surface area contributed by atoms with E-state index < -0.39 is 0 Å². The van der Waals surface area contributed by atoms with Crippen LogP contribution in [0.25, 0.3) is 0 Å². The van der Waals surface area contributed by atoms with E-state index in [1.54, 1.807) is 5.48 Å². The van der Waals surface area contributed by atoms with Crippen molar-refractivity contribution in [2.75, 3.05) is 0 Å². The quantitative estimate of drug-likeness (QED) is 0.167. The lowest BCUT2D eigenvalue weighted by Gasteiger charge is -2.02. The number of thiocarbonyl (C=S) groups is 1. The van der Waals surface area contributed by atoms with E-state index in [2.05, 4.69) is 12.6 Å². The zero-order valence-corrected chi connectivity index (χ0v) is 12.7. The summed E-state index contributed by atoms with van der Waals surface area (Å²) in [4.78, 5) is 10.7. The van der Waals surface area contributed by atoms with Crippen LogP contribution >= 0.6 is 24.8 Å². The number of amides is 1. The Balaban J connectivity index is 3.03. The summed E-state index contributed by atoms with van der Waals surface area (Å²) in [6.07, 6.45) is 12.0. The van der Waals surface area contributed by atoms with Crippen LogP contribution in [0.2, 0.25) is 0 Å². The summed E-state index contributed by atoms with van der Waals surface area (Å²) in [6, 6.07) is 0. The maximum atomic E-state index is 10.7. The Bertz CT molecular complexity index is 235. The van der Waals surface area contributed by atoms with E-state index in [1.165, 1.54) is 44.9 Å². The molecule has 0 aliphatic heterocycles. The Morgan fingerprint density at radius 3 is 1.67 bits per heavy atom. The molecule has 0 radical (unpaired) electrons. The van der Waals surface area contributed by atoms with Gasteiger partial charge >= 0.3 is 0 Å². The van der Waals surface area contributed by atoms with Crippen LogP contribution in [-0.2, 0) is 4.79 Å². The third kappa shape index (κ3) is 13.9. The van der Waals surface area contributed by atoms with Gasteiger partial charge in [0.05, 0.1) is 0 Å². The third-order valence-corrected chi connectivity index (χ3v) is 3.35. The zero-order valence-electron chi connectivity index (χ0n) is 11.0. The largest absolute Gasteiger partial charge is 0.289 e. The number of hydroxylamine groups is 1. The van der Waals surface area contributed by atoms with Crippen molar-refractivity contribution in [1.29, 1.82) is 0 Å². The fourth-order valence-electron chi connectivity index (χ4n) is 1.86. The summed E-state index contributed by atoms with van der Waals surface area (Å²) >= 11 is 9.00. The van der Waals surface area contributed by atoms with E-state index in [4.69, 9.17) is 17.4 Å². The molecule has 0 unspecified atom stereocenters. The van der Waals surface area contributed by atoms with Gasteiger partial charge in [-0.1, -0.05) is 57.2 Å². The van der Waals surface area contributed by atoms with Crippen molar-refractivity contribution in [1.82, 2.24) is 5.48 Å². The first-order chi connectivity index (χ1) is 8.66. The Kier molecular flexibility index (Phi) is 13.2. The van der Waals surface area contributed by atoms with Gasteiger partial charge < -0.3 is 0 Å². The number of carbonyl (C=O) groups is 1. The molecule has 0 aromatic rings. The standard InChI is InChI=1S/C13H25NO2S2/c15-12(14-16)10-8-6-4-2-1-3-5-7-9-11-13(17)18/h16H,1-11H2,(H,14,15)(H,17,18). The van der Waals surface area contributed by atoms with Gasteiger partial charge in [-0.2, -0.15) is 0 Å². The van der Waals surface area contributed by atoms with E-state index in [0.717, 1.165) is 23.5 Å². The number of thiol groups is 1. The molecule has 0 atom stereocenters. The molecule has 0 saturated heterocycles. The minimum Gasteiger partial charge on any atom is -0.289 e. The van der Waals surface area contributed by atoms with E-state index in [-0.39, 0.29) is 5.91 Å². The average Bonchev–Trinajstić information content (AvgIpc) is 2.35. The van der Waals surface area contributed by atoms with Crippen LogP contribution in [-0.4, -0.2) is 15.3 Å². The number of nitrogens with one attached hydrogen (secondary N) is 1. The molecule has 0 aliphatic rings. The van der Waals surface area contributed by atoms with Crippen LogP contribution in [0.4, 0.5) is 0 Å². The predicted molar refractivity (Wildman–Crippen MR) is 82.3 cm³/mol. The van der Waals surface area contributed by atoms with Crippen molar-refractivity contribution in [3.8, 4) is 0 Å². The highest BCUT2D eigenvalue weighted by atomic mass is 32.1. The van der Waals surface area contributed by atoms with Gasteiger partial charge in [0, 0.05) is 10.6 Å². The molecule has 0 aliphatic carbocycles. The van der Waals surface area contributed by atoms with Gasteiger partial charge in [-0.25, -0.2) is 5.48 Å². The summed E-state index contributed by atoms with van der Waals surface area (Å²) in [6.45, 7) is 0. The second-order valence-corrected chi connectivity index (χ2v) is 5.95. The molecule has 0 saturated carbocycles. The van der Waals surface area contributed by atoms with E-state index in [9.17, 15) is 4.79 Å². The van der Waals surface area contributed by atoms with E-state index in [1.807, 2.05) is 0 Å². The first-order valence-electron chi connectivity index (χ1n) is 6.81. The molecule has 0 bridgehead atoms. The van der Waals surface area contributed by atoms with Gasteiger partial charge in [0.1, 0.15) is 0 Å². The summed E-state index contributed by atoms with van der Waals surface area (Å²) in [5, 5.41) is 8.30. The number of unbranched alkanes of at least 4 members (excludes halogenated alkanes) is 8. The lowest BCUT2D eigenvalue weighted by Crippen LogP contribution is -2.17. The van der Waals surface area contributed by atoms with Crippen LogP contribution in [0.3, 0.4) is 0 Å². The zero-order chi connectivity index (χ0) is 13.6. The molecule has 5 heteroatoms. The highest BCUT2D eigenvalue weighted by Gasteiger charge is 1.98. The lowest BCUT2D eigenvalue weighted by molar-refractivity contribution is -0.129. The molecular weight excluding hydrogens is 266 g/mol. The monoisotopic (exact) mass is 291 g/mol. The molecule has 18 heavy (non-hydrogen) atoms. The predicted octanol–water partition coefficient (Wildman–Crippen LogP) is 4.04. The van der Waals surface area contributed by atoms with Crippen molar-refractivity contribution in [2.24, 2.45) is 0 Å². The summed E-state index contributed by atoms with van der Waals surface area (Å²) in [7, 11) is 0. The Morgan fingerprint density at radius 1 is 0.889 bits per heavy atom. The molecule has 1 amide bonds. The highest BCUT2D eigenvalue weighted by molar-refractivity contribution is 8.11. The minimum absolute atomic E-state index is 0.280. The molecule has 0 spiro atoms. The second kappa shape index (κ2) is 13.3. The normalized spacial score (nSPS) is 10.3. The van der Waals surface area contributed by atoms with Crippen LogP contribution in [0.15, 0.2) is 0 Å². The number of hydrogen-bond donors (Lipinski definition) is 3. The topological polar surface area (TPSA) is 49.3 Å².